The molecule has 0 saturated carbocycles. The Morgan fingerprint density at radius 1 is 1.00 bits per heavy atom. The highest BCUT2D eigenvalue weighted by Crippen LogP contribution is 2.53. The summed E-state index contributed by atoms with van der Waals surface area (Å²) in [6.45, 7) is 1.68. The van der Waals surface area contributed by atoms with E-state index in [-0.39, 0.29) is 30.0 Å². The van der Waals surface area contributed by atoms with E-state index in [0.29, 0.717) is 23.7 Å². The topological polar surface area (TPSA) is 94.5 Å². The van der Waals surface area contributed by atoms with E-state index in [0.717, 1.165) is 39.8 Å². The molecule has 7 heteroatoms. The van der Waals surface area contributed by atoms with E-state index in [2.05, 4.69) is 0 Å². The molecular formula is C27H26O7. The van der Waals surface area contributed by atoms with E-state index in [1.807, 2.05) is 12.1 Å². The zero-order valence-electron chi connectivity index (χ0n) is 19.3. The number of methoxy groups -OCH3 is 2. The van der Waals surface area contributed by atoms with Gasteiger partial charge in [-0.25, -0.2) is 0 Å². The second-order valence-corrected chi connectivity index (χ2v) is 8.56. The Morgan fingerprint density at radius 3 is 2.53 bits per heavy atom. The van der Waals surface area contributed by atoms with Crippen LogP contribution in [0.25, 0.3) is 11.1 Å². The van der Waals surface area contributed by atoms with Gasteiger partial charge in [0.25, 0.3) is 0 Å². The summed E-state index contributed by atoms with van der Waals surface area (Å²) in [6.07, 6.45) is 0.813. The number of hydrogen-bond acceptors (Lipinski definition) is 7. The zero-order valence-corrected chi connectivity index (χ0v) is 19.3. The van der Waals surface area contributed by atoms with E-state index >= 15 is 0 Å². The predicted molar refractivity (Wildman–Crippen MR) is 125 cm³/mol. The third-order valence-electron chi connectivity index (χ3n) is 6.62. The number of aryl methyl sites for hydroxylation is 1. The maximum atomic E-state index is 12.2. The maximum Gasteiger partial charge on any atom is 0.303 e. The van der Waals surface area contributed by atoms with Crippen LogP contribution in [-0.2, 0) is 22.4 Å². The molecule has 34 heavy (non-hydrogen) atoms. The van der Waals surface area contributed by atoms with E-state index in [1.54, 1.807) is 37.4 Å². The fourth-order valence-electron chi connectivity index (χ4n) is 5.12. The lowest BCUT2D eigenvalue weighted by molar-refractivity contribution is -0.149. The molecule has 0 radical (unpaired) electrons. The molecule has 5 rings (SSSR count). The fraction of sp³-hybridized carbons (Fsp3) is 0.296. The van der Waals surface area contributed by atoms with Crippen LogP contribution in [0, 0.1) is 0 Å². The van der Waals surface area contributed by atoms with Crippen molar-refractivity contribution in [2.45, 2.75) is 31.8 Å². The van der Waals surface area contributed by atoms with Gasteiger partial charge in [-0.05, 0) is 59.4 Å². The molecule has 3 aromatic rings. The third-order valence-corrected chi connectivity index (χ3v) is 6.62. The van der Waals surface area contributed by atoms with Gasteiger partial charge in [0.1, 0.15) is 23.4 Å². The highest BCUT2D eigenvalue weighted by Gasteiger charge is 2.39. The summed E-state index contributed by atoms with van der Waals surface area (Å²) in [4.78, 5) is 12.2. The van der Waals surface area contributed by atoms with Gasteiger partial charge in [-0.1, -0.05) is 12.1 Å². The first kappa shape index (κ1) is 21.9. The van der Waals surface area contributed by atoms with Crippen LogP contribution in [0.2, 0.25) is 0 Å². The van der Waals surface area contributed by atoms with Crippen molar-refractivity contribution in [2.75, 3.05) is 20.8 Å². The number of aromatic hydroxyl groups is 2. The molecule has 0 spiro atoms. The van der Waals surface area contributed by atoms with Gasteiger partial charge in [0.15, 0.2) is 11.5 Å². The van der Waals surface area contributed by atoms with Crippen LogP contribution in [0.15, 0.2) is 42.5 Å². The minimum Gasteiger partial charge on any atom is -0.508 e. The van der Waals surface area contributed by atoms with Gasteiger partial charge in [-0.15, -0.1) is 0 Å². The van der Waals surface area contributed by atoms with Crippen molar-refractivity contribution in [1.82, 2.24) is 0 Å². The lowest BCUT2D eigenvalue weighted by atomic mass is 9.77. The van der Waals surface area contributed by atoms with E-state index in [1.165, 1.54) is 14.0 Å². The van der Waals surface area contributed by atoms with Crippen molar-refractivity contribution in [1.29, 1.82) is 0 Å². The molecule has 0 saturated heterocycles. The summed E-state index contributed by atoms with van der Waals surface area (Å²) in [5, 5.41) is 20.0. The minimum atomic E-state index is -0.589. The van der Waals surface area contributed by atoms with E-state index in [9.17, 15) is 15.0 Å². The molecule has 2 N–H and O–H groups in total. The number of rotatable bonds is 4. The number of carbonyl (C=O) groups excluding carboxylic acids is 1. The average Bonchev–Trinajstić information content (AvgIpc) is 2.83. The first-order chi connectivity index (χ1) is 16.4. The van der Waals surface area contributed by atoms with Crippen LogP contribution in [0.3, 0.4) is 0 Å². The zero-order chi connectivity index (χ0) is 24.0. The summed E-state index contributed by atoms with van der Waals surface area (Å²) in [5.74, 6) is 1.22. The average molecular weight is 462 g/mol. The SMILES string of the molecule is COc1cc([C@@H]2COc3cc(OC)c4c(c3[C@H]2OC(C)=O)CCc2cc(O)ccc2-4)ccc1O. The van der Waals surface area contributed by atoms with Crippen LogP contribution in [0.5, 0.6) is 28.7 Å². The second-order valence-electron chi connectivity index (χ2n) is 8.56. The molecule has 2 aliphatic rings. The molecule has 3 aromatic carbocycles. The summed E-state index contributed by atoms with van der Waals surface area (Å²) >= 11 is 0. The first-order valence-electron chi connectivity index (χ1n) is 11.1. The molecule has 1 aliphatic carbocycles. The predicted octanol–water partition coefficient (Wildman–Crippen LogP) is 4.66. The van der Waals surface area contributed by atoms with Gasteiger partial charge in [0, 0.05) is 24.1 Å². The number of phenols is 2. The lowest BCUT2D eigenvalue weighted by Gasteiger charge is -2.37. The summed E-state index contributed by atoms with van der Waals surface area (Å²) in [6, 6.07) is 12.3. The Hall–Kier alpha value is -3.87. The van der Waals surface area contributed by atoms with Crippen molar-refractivity contribution in [3.8, 4) is 39.9 Å². The molecule has 0 aromatic heterocycles. The number of hydrogen-bond donors (Lipinski definition) is 2. The molecular weight excluding hydrogens is 436 g/mol. The highest BCUT2D eigenvalue weighted by atomic mass is 16.6. The molecule has 176 valence electrons. The first-order valence-corrected chi connectivity index (χ1v) is 11.1. The lowest BCUT2D eigenvalue weighted by Crippen LogP contribution is -2.29. The number of esters is 1. The van der Waals surface area contributed by atoms with Gasteiger partial charge in [0.05, 0.1) is 26.7 Å². The number of phenolic OH excluding ortho intramolecular Hbond substituents is 2. The smallest absolute Gasteiger partial charge is 0.303 e. The summed E-state index contributed by atoms with van der Waals surface area (Å²) in [7, 11) is 3.11. The van der Waals surface area contributed by atoms with Crippen LogP contribution in [0.4, 0.5) is 0 Å². The highest BCUT2D eigenvalue weighted by molar-refractivity contribution is 5.82. The molecule has 0 amide bonds. The van der Waals surface area contributed by atoms with Gasteiger partial charge in [-0.2, -0.15) is 0 Å². The minimum absolute atomic E-state index is 0.0365. The standard InChI is InChI=1S/C27H26O7/c1-14(28)34-27-20(16-5-9-21(30)22(11-16)31-2)13-33-24-12-23(32-3)25-18-8-6-17(29)10-15(18)4-7-19(25)26(24)27/h5-6,8-12,20,27,29-30H,4,7,13H2,1-3H3/t20-,27-/m0/s1. The third kappa shape index (κ3) is 3.57. The van der Waals surface area contributed by atoms with Crippen LogP contribution >= 0.6 is 0 Å². The molecule has 0 bridgehead atoms. The van der Waals surface area contributed by atoms with Crippen LogP contribution in [0.1, 0.15) is 41.2 Å². The van der Waals surface area contributed by atoms with Crippen LogP contribution in [-0.4, -0.2) is 37.0 Å². The van der Waals surface area contributed by atoms with Crippen LogP contribution < -0.4 is 14.2 Å². The van der Waals surface area contributed by atoms with Crippen molar-refractivity contribution in [3.63, 3.8) is 0 Å². The van der Waals surface area contributed by atoms with Gasteiger partial charge in [-0.3, -0.25) is 4.79 Å². The molecule has 0 fully saturated rings. The number of benzene rings is 3. The van der Waals surface area contributed by atoms with Crippen molar-refractivity contribution < 1.29 is 34.0 Å². The van der Waals surface area contributed by atoms with Crippen molar-refractivity contribution in [3.05, 3.63) is 64.7 Å². The molecule has 0 unspecified atom stereocenters. The van der Waals surface area contributed by atoms with Crippen molar-refractivity contribution >= 4 is 5.97 Å². The Labute approximate surface area is 197 Å². The largest absolute Gasteiger partial charge is 0.508 e. The quantitative estimate of drug-likeness (QED) is 0.545. The second kappa shape index (κ2) is 8.48. The van der Waals surface area contributed by atoms with Crippen molar-refractivity contribution in [2.24, 2.45) is 0 Å². The summed E-state index contributed by atoms with van der Waals surface area (Å²) in [5.41, 5.74) is 5.60. The Balaban J connectivity index is 1.71. The monoisotopic (exact) mass is 462 g/mol. The van der Waals surface area contributed by atoms with Gasteiger partial charge >= 0.3 is 5.97 Å². The van der Waals surface area contributed by atoms with E-state index < -0.39 is 6.10 Å². The summed E-state index contributed by atoms with van der Waals surface area (Å²) < 4.78 is 23.2. The normalized spacial score (nSPS) is 18.1. The molecule has 2 atom stereocenters. The van der Waals surface area contributed by atoms with Gasteiger partial charge in [0.2, 0.25) is 0 Å². The maximum absolute atomic E-state index is 12.2. The fourth-order valence-corrected chi connectivity index (χ4v) is 5.12. The molecule has 1 heterocycles. The number of ether oxygens (including phenoxy) is 4. The molecule has 1 aliphatic heterocycles. The Bertz CT molecular complexity index is 1280. The Kier molecular flexibility index (Phi) is 5.48. The van der Waals surface area contributed by atoms with E-state index in [4.69, 9.17) is 18.9 Å². The number of fused-ring (bicyclic) bond motifs is 5. The number of carbonyl (C=O) groups is 1. The van der Waals surface area contributed by atoms with Gasteiger partial charge < -0.3 is 29.2 Å². The Morgan fingerprint density at radius 2 is 1.79 bits per heavy atom. The molecule has 7 nitrogen and oxygen atoms in total.